The number of ether oxygens (including phenoxy) is 1. The molecule has 4 nitrogen and oxygen atoms in total. The molecule has 2 aromatic carbocycles. The fraction of sp³-hybridized carbons (Fsp3) is 0.381. The summed E-state index contributed by atoms with van der Waals surface area (Å²) in [7, 11) is 1.65. The van der Waals surface area contributed by atoms with Crippen molar-refractivity contribution >= 4 is 17.3 Å². The Kier molecular flexibility index (Phi) is 5.27. The fourth-order valence-corrected chi connectivity index (χ4v) is 3.26. The number of carbonyl (C=O) groups excluding carboxylic acids is 1. The number of benzene rings is 2. The SMILES string of the molecule is COc1ccc(N(C(=O)CCc2ccccc2N)C(C)C2CC2)cc1. The van der Waals surface area contributed by atoms with Gasteiger partial charge in [-0.3, -0.25) is 4.79 Å². The number of nitrogens with zero attached hydrogens (tertiary/aromatic N) is 1. The minimum absolute atomic E-state index is 0.146. The van der Waals surface area contributed by atoms with Crippen LogP contribution in [0, 0.1) is 5.92 Å². The third kappa shape index (κ3) is 4.13. The molecule has 0 saturated heterocycles. The van der Waals surface area contributed by atoms with Gasteiger partial charge in [0.2, 0.25) is 5.91 Å². The molecule has 1 aliphatic rings. The van der Waals surface area contributed by atoms with Crippen LogP contribution in [0.3, 0.4) is 0 Å². The van der Waals surface area contributed by atoms with Gasteiger partial charge in [0, 0.05) is 23.8 Å². The minimum Gasteiger partial charge on any atom is -0.497 e. The average Bonchev–Trinajstić information content (AvgIpc) is 3.47. The Morgan fingerprint density at radius 3 is 2.48 bits per heavy atom. The van der Waals surface area contributed by atoms with E-state index < -0.39 is 0 Å². The third-order valence-corrected chi connectivity index (χ3v) is 4.99. The number of rotatable bonds is 7. The van der Waals surface area contributed by atoms with Crippen LogP contribution in [0.25, 0.3) is 0 Å². The molecule has 1 aliphatic carbocycles. The molecule has 1 amide bonds. The fourth-order valence-electron chi connectivity index (χ4n) is 3.26. The summed E-state index contributed by atoms with van der Waals surface area (Å²) in [6.45, 7) is 2.15. The molecule has 0 aromatic heterocycles. The smallest absolute Gasteiger partial charge is 0.227 e. The van der Waals surface area contributed by atoms with E-state index in [1.807, 2.05) is 53.4 Å². The van der Waals surface area contributed by atoms with Gasteiger partial charge >= 0.3 is 0 Å². The molecule has 132 valence electrons. The lowest BCUT2D eigenvalue weighted by Crippen LogP contribution is -2.40. The number of aryl methyl sites for hydroxylation is 1. The highest BCUT2D eigenvalue weighted by Crippen LogP contribution is 2.37. The van der Waals surface area contributed by atoms with Crippen LogP contribution >= 0.6 is 0 Å². The van der Waals surface area contributed by atoms with Gasteiger partial charge in [0.25, 0.3) is 0 Å². The lowest BCUT2D eigenvalue weighted by atomic mass is 10.1. The molecule has 1 unspecified atom stereocenters. The summed E-state index contributed by atoms with van der Waals surface area (Å²) in [4.78, 5) is 15.0. The first-order chi connectivity index (χ1) is 12.1. The monoisotopic (exact) mass is 338 g/mol. The summed E-state index contributed by atoms with van der Waals surface area (Å²) in [5, 5.41) is 0. The predicted octanol–water partition coefficient (Wildman–Crippen LogP) is 4.04. The Bertz CT molecular complexity index is 723. The molecule has 2 N–H and O–H groups in total. The van der Waals surface area contributed by atoms with Crippen LogP contribution in [0.4, 0.5) is 11.4 Å². The summed E-state index contributed by atoms with van der Waals surface area (Å²) in [6, 6.07) is 15.7. The zero-order valence-electron chi connectivity index (χ0n) is 14.9. The van der Waals surface area contributed by atoms with Gasteiger partial charge in [0.15, 0.2) is 0 Å². The largest absolute Gasteiger partial charge is 0.497 e. The van der Waals surface area contributed by atoms with E-state index in [2.05, 4.69) is 6.92 Å². The van der Waals surface area contributed by atoms with E-state index in [0.29, 0.717) is 18.8 Å². The Morgan fingerprint density at radius 2 is 1.88 bits per heavy atom. The molecular weight excluding hydrogens is 312 g/mol. The molecule has 0 bridgehead atoms. The number of hydrogen-bond acceptors (Lipinski definition) is 3. The first-order valence-corrected chi connectivity index (χ1v) is 8.89. The third-order valence-electron chi connectivity index (χ3n) is 4.99. The van der Waals surface area contributed by atoms with Gasteiger partial charge in [-0.15, -0.1) is 0 Å². The van der Waals surface area contributed by atoms with Gasteiger partial charge in [-0.1, -0.05) is 18.2 Å². The van der Waals surface area contributed by atoms with Gasteiger partial charge in [-0.05, 0) is 68.0 Å². The first kappa shape index (κ1) is 17.3. The van der Waals surface area contributed by atoms with E-state index in [4.69, 9.17) is 10.5 Å². The lowest BCUT2D eigenvalue weighted by Gasteiger charge is -2.30. The van der Waals surface area contributed by atoms with Crippen molar-refractivity contribution in [2.45, 2.75) is 38.6 Å². The predicted molar refractivity (Wildman–Crippen MR) is 102 cm³/mol. The molecule has 4 heteroatoms. The van der Waals surface area contributed by atoms with Crippen molar-refractivity contribution < 1.29 is 9.53 Å². The van der Waals surface area contributed by atoms with Crippen molar-refractivity contribution in [3.8, 4) is 5.75 Å². The average molecular weight is 338 g/mol. The van der Waals surface area contributed by atoms with E-state index in [1.165, 1.54) is 12.8 Å². The summed E-state index contributed by atoms with van der Waals surface area (Å²) in [5.41, 5.74) is 8.72. The van der Waals surface area contributed by atoms with Gasteiger partial charge < -0.3 is 15.4 Å². The second kappa shape index (κ2) is 7.60. The van der Waals surface area contributed by atoms with Crippen LogP contribution < -0.4 is 15.4 Å². The quantitative estimate of drug-likeness (QED) is 0.775. The van der Waals surface area contributed by atoms with Crippen molar-refractivity contribution in [2.24, 2.45) is 5.92 Å². The molecule has 25 heavy (non-hydrogen) atoms. The highest BCUT2D eigenvalue weighted by molar-refractivity contribution is 5.94. The normalized spacial score (nSPS) is 14.8. The maximum atomic E-state index is 13.0. The van der Waals surface area contributed by atoms with E-state index in [-0.39, 0.29) is 11.9 Å². The van der Waals surface area contributed by atoms with Gasteiger partial charge in [0.1, 0.15) is 5.75 Å². The number of amides is 1. The minimum atomic E-state index is 0.146. The van der Waals surface area contributed by atoms with Crippen molar-refractivity contribution in [3.63, 3.8) is 0 Å². The zero-order valence-corrected chi connectivity index (χ0v) is 14.9. The van der Waals surface area contributed by atoms with E-state index in [1.54, 1.807) is 7.11 Å². The van der Waals surface area contributed by atoms with Crippen LogP contribution in [-0.4, -0.2) is 19.1 Å². The van der Waals surface area contributed by atoms with Crippen LogP contribution in [0.2, 0.25) is 0 Å². The Labute approximate surface area is 149 Å². The number of carbonyl (C=O) groups is 1. The van der Waals surface area contributed by atoms with Crippen LogP contribution in [0.5, 0.6) is 5.75 Å². The molecule has 3 rings (SSSR count). The van der Waals surface area contributed by atoms with Crippen LogP contribution in [-0.2, 0) is 11.2 Å². The van der Waals surface area contributed by atoms with Crippen molar-refractivity contribution in [3.05, 3.63) is 54.1 Å². The van der Waals surface area contributed by atoms with Crippen molar-refractivity contribution in [1.82, 2.24) is 0 Å². The number of para-hydroxylation sites is 1. The van der Waals surface area contributed by atoms with Crippen molar-refractivity contribution in [2.75, 3.05) is 17.7 Å². The standard InChI is InChI=1S/C21H26N2O2/c1-15(16-7-8-16)23(18-10-12-19(25-2)13-11-18)21(24)14-9-17-5-3-4-6-20(17)22/h3-6,10-13,15-16H,7-9,14,22H2,1-2H3. The van der Waals surface area contributed by atoms with Gasteiger partial charge in [0.05, 0.1) is 7.11 Å². The summed E-state index contributed by atoms with van der Waals surface area (Å²) >= 11 is 0. The Hall–Kier alpha value is -2.49. The van der Waals surface area contributed by atoms with Crippen molar-refractivity contribution in [1.29, 1.82) is 0 Å². The molecule has 0 heterocycles. The van der Waals surface area contributed by atoms with E-state index in [0.717, 1.165) is 22.7 Å². The van der Waals surface area contributed by atoms with E-state index in [9.17, 15) is 4.79 Å². The zero-order chi connectivity index (χ0) is 17.8. The number of methoxy groups -OCH3 is 1. The number of nitrogen functional groups attached to an aromatic ring is 1. The number of nitrogens with two attached hydrogens (primary N) is 1. The Morgan fingerprint density at radius 1 is 1.20 bits per heavy atom. The molecule has 0 radical (unpaired) electrons. The number of anilines is 2. The highest BCUT2D eigenvalue weighted by Gasteiger charge is 2.34. The second-order valence-electron chi connectivity index (χ2n) is 6.74. The maximum absolute atomic E-state index is 13.0. The highest BCUT2D eigenvalue weighted by atomic mass is 16.5. The summed E-state index contributed by atoms with van der Waals surface area (Å²) in [6.07, 6.45) is 3.52. The molecule has 0 spiro atoms. The maximum Gasteiger partial charge on any atom is 0.227 e. The molecule has 2 aromatic rings. The molecule has 1 atom stereocenters. The lowest BCUT2D eigenvalue weighted by molar-refractivity contribution is -0.119. The molecular formula is C21H26N2O2. The van der Waals surface area contributed by atoms with Crippen LogP contribution in [0.1, 0.15) is 31.7 Å². The number of hydrogen-bond donors (Lipinski definition) is 1. The molecule has 1 fully saturated rings. The van der Waals surface area contributed by atoms with Gasteiger partial charge in [-0.2, -0.15) is 0 Å². The van der Waals surface area contributed by atoms with Gasteiger partial charge in [-0.25, -0.2) is 0 Å². The first-order valence-electron chi connectivity index (χ1n) is 8.89. The second-order valence-corrected chi connectivity index (χ2v) is 6.74. The summed E-state index contributed by atoms with van der Waals surface area (Å²) in [5.74, 6) is 1.55. The topological polar surface area (TPSA) is 55.6 Å². The summed E-state index contributed by atoms with van der Waals surface area (Å²) < 4.78 is 5.23. The van der Waals surface area contributed by atoms with E-state index >= 15 is 0 Å². The molecule has 0 aliphatic heterocycles. The van der Waals surface area contributed by atoms with Crippen LogP contribution in [0.15, 0.2) is 48.5 Å². The molecule has 1 saturated carbocycles. The Balaban J connectivity index is 1.76.